The number of aromatic nitrogens is 2. The number of rotatable bonds is 5. The molecule has 0 saturated carbocycles. The molecule has 1 aliphatic heterocycles. The fraction of sp³-hybridized carbons (Fsp3) is 0.292. The molecule has 0 atom stereocenters. The quantitative estimate of drug-likeness (QED) is 0.661. The number of piperidine rings is 1. The number of amides is 2. The zero-order valence-corrected chi connectivity index (χ0v) is 17.7. The molecule has 0 spiro atoms. The Balaban J connectivity index is 1.30. The van der Waals surface area contributed by atoms with Gasteiger partial charge in [-0.3, -0.25) is 14.3 Å². The van der Waals surface area contributed by atoms with E-state index in [-0.39, 0.29) is 29.1 Å². The zero-order valence-electron chi connectivity index (χ0n) is 17.7. The summed E-state index contributed by atoms with van der Waals surface area (Å²) in [4.78, 5) is 26.9. The van der Waals surface area contributed by atoms with Crippen LogP contribution in [0, 0.1) is 17.6 Å². The second-order valence-corrected chi connectivity index (χ2v) is 7.97. The number of halogens is 2. The van der Waals surface area contributed by atoms with E-state index in [0.29, 0.717) is 31.0 Å². The van der Waals surface area contributed by atoms with Gasteiger partial charge in [0, 0.05) is 32.2 Å². The van der Waals surface area contributed by atoms with E-state index >= 15 is 0 Å². The lowest BCUT2D eigenvalue weighted by molar-refractivity contribution is 0.0679. The summed E-state index contributed by atoms with van der Waals surface area (Å²) >= 11 is 0. The molecule has 3 aromatic rings. The van der Waals surface area contributed by atoms with Crippen molar-refractivity contribution in [3.05, 3.63) is 77.5 Å². The maximum Gasteiger partial charge on any atom is 0.269 e. The lowest BCUT2D eigenvalue weighted by Gasteiger charge is -2.32. The van der Waals surface area contributed by atoms with Crippen molar-refractivity contribution < 1.29 is 18.4 Å². The highest BCUT2D eigenvalue weighted by Crippen LogP contribution is 2.21. The summed E-state index contributed by atoms with van der Waals surface area (Å²) in [6.45, 7) is 1.53. The van der Waals surface area contributed by atoms with E-state index < -0.39 is 5.82 Å². The van der Waals surface area contributed by atoms with Gasteiger partial charge >= 0.3 is 0 Å². The fourth-order valence-corrected chi connectivity index (χ4v) is 3.91. The van der Waals surface area contributed by atoms with Crippen molar-refractivity contribution in [2.24, 2.45) is 13.0 Å². The van der Waals surface area contributed by atoms with Crippen LogP contribution in [0.5, 0.6) is 0 Å². The predicted octanol–water partition coefficient (Wildman–Crippen LogP) is 3.65. The predicted molar refractivity (Wildman–Crippen MR) is 116 cm³/mol. The van der Waals surface area contributed by atoms with E-state index in [9.17, 15) is 18.4 Å². The summed E-state index contributed by atoms with van der Waals surface area (Å²) in [6.07, 6.45) is 1.46. The van der Waals surface area contributed by atoms with Gasteiger partial charge in [-0.1, -0.05) is 12.1 Å². The van der Waals surface area contributed by atoms with Crippen LogP contribution in [0.25, 0.3) is 11.3 Å². The average molecular weight is 438 g/mol. The smallest absolute Gasteiger partial charge is 0.269 e. The Morgan fingerprint density at radius 1 is 1.06 bits per heavy atom. The minimum Gasteiger partial charge on any atom is -0.350 e. The molecule has 2 aromatic carbocycles. The Morgan fingerprint density at radius 2 is 1.75 bits per heavy atom. The number of likely N-dealkylation sites (tertiary alicyclic amines) is 1. The first-order valence-electron chi connectivity index (χ1n) is 10.5. The molecule has 1 N–H and O–H groups in total. The van der Waals surface area contributed by atoms with Crippen LogP contribution >= 0.6 is 0 Å². The summed E-state index contributed by atoms with van der Waals surface area (Å²) in [7, 11) is 1.69. The number of aryl methyl sites for hydroxylation is 1. The zero-order chi connectivity index (χ0) is 22.7. The van der Waals surface area contributed by atoms with Crippen LogP contribution in [-0.4, -0.2) is 46.1 Å². The first kappa shape index (κ1) is 21.7. The molecule has 0 aliphatic carbocycles. The van der Waals surface area contributed by atoms with Gasteiger partial charge in [0.15, 0.2) is 0 Å². The van der Waals surface area contributed by atoms with Crippen molar-refractivity contribution >= 4 is 11.8 Å². The Morgan fingerprint density at radius 3 is 2.44 bits per heavy atom. The summed E-state index contributed by atoms with van der Waals surface area (Å²) < 4.78 is 28.5. The highest BCUT2D eigenvalue weighted by molar-refractivity contribution is 5.94. The molecule has 1 saturated heterocycles. The van der Waals surface area contributed by atoms with Crippen LogP contribution in [0.2, 0.25) is 0 Å². The van der Waals surface area contributed by atoms with Crippen LogP contribution in [0.4, 0.5) is 8.78 Å². The van der Waals surface area contributed by atoms with Crippen molar-refractivity contribution in [2.75, 3.05) is 19.6 Å². The van der Waals surface area contributed by atoms with Crippen LogP contribution in [-0.2, 0) is 7.05 Å². The molecule has 6 nitrogen and oxygen atoms in total. The molecular weight excluding hydrogens is 414 g/mol. The van der Waals surface area contributed by atoms with Crippen molar-refractivity contribution in [1.29, 1.82) is 0 Å². The van der Waals surface area contributed by atoms with Gasteiger partial charge in [0.2, 0.25) is 0 Å². The van der Waals surface area contributed by atoms with E-state index in [1.807, 2.05) is 0 Å². The lowest BCUT2D eigenvalue weighted by Crippen LogP contribution is -2.42. The first-order chi connectivity index (χ1) is 15.4. The third-order valence-corrected chi connectivity index (χ3v) is 5.81. The molecule has 0 bridgehead atoms. The summed E-state index contributed by atoms with van der Waals surface area (Å²) in [5.41, 5.74) is 1.83. The number of hydrogen-bond acceptors (Lipinski definition) is 3. The van der Waals surface area contributed by atoms with Gasteiger partial charge in [-0.2, -0.15) is 5.10 Å². The molecule has 4 rings (SSSR count). The molecule has 1 aliphatic rings. The largest absolute Gasteiger partial charge is 0.350 e. The Hall–Kier alpha value is -3.55. The molecule has 32 heavy (non-hydrogen) atoms. The van der Waals surface area contributed by atoms with E-state index in [2.05, 4.69) is 10.4 Å². The molecule has 1 fully saturated rings. The third-order valence-electron chi connectivity index (χ3n) is 5.81. The van der Waals surface area contributed by atoms with Gasteiger partial charge in [-0.25, -0.2) is 8.78 Å². The minimum absolute atomic E-state index is 0.0902. The monoisotopic (exact) mass is 438 g/mol. The number of benzene rings is 2. The van der Waals surface area contributed by atoms with Crippen molar-refractivity contribution in [3.63, 3.8) is 0 Å². The Kier molecular flexibility index (Phi) is 6.30. The molecule has 0 radical (unpaired) electrons. The second kappa shape index (κ2) is 9.30. The van der Waals surface area contributed by atoms with Gasteiger partial charge in [-0.15, -0.1) is 0 Å². The Bertz CT molecular complexity index is 1120. The van der Waals surface area contributed by atoms with E-state index in [1.165, 1.54) is 28.9 Å². The van der Waals surface area contributed by atoms with Gasteiger partial charge in [0.1, 0.15) is 17.3 Å². The molecular formula is C24H24F2N4O2. The second-order valence-electron chi connectivity index (χ2n) is 7.97. The van der Waals surface area contributed by atoms with Crippen LogP contribution < -0.4 is 5.32 Å². The summed E-state index contributed by atoms with van der Waals surface area (Å²) in [5, 5.41) is 7.30. The third kappa shape index (κ3) is 4.69. The van der Waals surface area contributed by atoms with Crippen molar-refractivity contribution in [3.8, 4) is 11.3 Å². The molecule has 2 heterocycles. The van der Waals surface area contributed by atoms with Gasteiger partial charge in [0.05, 0.1) is 11.3 Å². The number of nitrogens with zero attached hydrogens (tertiary/aromatic N) is 3. The minimum atomic E-state index is -0.511. The fourth-order valence-electron chi connectivity index (χ4n) is 3.91. The SMILES string of the molecule is Cn1nc(-c2ccc(F)cc2)cc1C(=O)NCC1CCN(C(=O)c2ccccc2F)CC1. The normalized spacial score (nSPS) is 14.4. The maximum atomic E-state index is 13.9. The number of carbonyl (C=O) groups excluding carboxylic acids is 2. The maximum absolute atomic E-state index is 13.9. The first-order valence-corrected chi connectivity index (χ1v) is 10.5. The number of hydrogen-bond donors (Lipinski definition) is 1. The summed E-state index contributed by atoms with van der Waals surface area (Å²) in [6, 6.07) is 13.6. The van der Waals surface area contributed by atoms with Crippen LogP contribution in [0.15, 0.2) is 54.6 Å². The summed E-state index contributed by atoms with van der Waals surface area (Å²) in [5.74, 6) is -1.15. The topological polar surface area (TPSA) is 67.2 Å². The van der Waals surface area contributed by atoms with Crippen molar-refractivity contribution in [1.82, 2.24) is 20.0 Å². The van der Waals surface area contributed by atoms with E-state index in [1.54, 1.807) is 42.3 Å². The van der Waals surface area contributed by atoms with E-state index in [4.69, 9.17) is 0 Å². The Labute approximate surface area is 184 Å². The molecule has 0 unspecified atom stereocenters. The standard InChI is InChI=1S/C24H24F2N4O2/c1-29-22(14-21(28-29)17-6-8-18(25)9-7-17)23(31)27-15-16-10-12-30(13-11-16)24(32)19-4-2-3-5-20(19)26/h2-9,14,16H,10-13,15H2,1H3,(H,27,31). The highest BCUT2D eigenvalue weighted by atomic mass is 19.1. The lowest BCUT2D eigenvalue weighted by atomic mass is 9.96. The molecule has 1 aromatic heterocycles. The average Bonchev–Trinajstić information content (AvgIpc) is 3.20. The van der Waals surface area contributed by atoms with E-state index in [0.717, 1.165) is 18.4 Å². The number of nitrogens with one attached hydrogen (secondary N) is 1. The van der Waals surface area contributed by atoms with Gasteiger partial charge in [0.25, 0.3) is 11.8 Å². The van der Waals surface area contributed by atoms with Gasteiger partial charge < -0.3 is 10.2 Å². The van der Waals surface area contributed by atoms with Crippen LogP contribution in [0.3, 0.4) is 0 Å². The molecule has 166 valence electrons. The van der Waals surface area contributed by atoms with Crippen LogP contribution in [0.1, 0.15) is 33.7 Å². The van der Waals surface area contributed by atoms with Gasteiger partial charge in [-0.05, 0) is 61.2 Å². The van der Waals surface area contributed by atoms with Crippen molar-refractivity contribution in [2.45, 2.75) is 12.8 Å². The molecule has 8 heteroatoms. The number of carbonyl (C=O) groups is 2. The molecule has 2 amide bonds. The highest BCUT2D eigenvalue weighted by Gasteiger charge is 2.25.